The number of carbonyl (C=O) groups is 2. The first-order valence-electron chi connectivity index (χ1n) is 13.9. The summed E-state index contributed by atoms with van der Waals surface area (Å²) in [5.41, 5.74) is 2.10. The van der Waals surface area contributed by atoms with Crippen LogP contribution >= 0.6 is 34.8 Å². The van der Waals surface area contributed by atoms with Gasteiger partial charge in [0.1, 0.15) is 18.3 Å². The second-order valence-electron chi connectivity index (χ2n) is 10.2. The number of rotatable bonds is 12. The van der Waals surface area contributed by atoms with E-state index in [1.165, 1.54) is 43.3 Å². The van der Waals surface area contributed by atoms with Gasteiger partial charge in [-0.05, 0) is 55.0 Å². The van der Waals surface area contributed by atoms with Crippen LogP contribution < -0.4 is 14.4 Å². The second kappa shape index (κ2) is 15.0. The van der Waals surface area contributed by atoms with Crippen molar-refractivity contribution in [2.75, 3.05) is 25.0 Å². The third-order valence-electron chi connectivity index (χ3n) is 7.21. The summed E-state index contributed by atoms with van der Waals surface area (Å²) in [6.07, 6.45) is 0.138. The standard InChI is InChI=1S/C33H32Cl3N3O5S/c1-22-12-15-25(16-13-22)45(42,43)39(29-19-24(34)14-17-31(29)44-3)21-32(40)38(20-26-27(35)10-7-11-28(26)36)30(33(41)37-2)18-23-8-5-4-6-9-23/h4-17,19,30H,18,20-21H2,1-3H3,(H,37,41)/t30-/m0/s1. The average molecular weight is 689 g/mol. The van der Waals surface area contributed by atoms with Crippen molar-refractivity contribution in [1.29, 1.82) is 0 Å². The highest BCUT2D eigenvalue weighted by atomic mass is 35.5. The number of hydrogen-bond acceptors (Lipinski definition) is 5. The summed E-state index contributed by atoms with van der Waals surface area (Å²) in [6.45, 7) is 0.964. The maximum Gasteiger partial charge on any atom is 0.264 e. The molecule has 8 nitrogen and oxygen atoms in total. The topological polar surface area (TPSA) is 96.0 Å². The second-order valence-corrected chi connectivity index (χ2v) is 13.3. The van der Waals surface area contributed by atoms with Gasteiger partial charge in [-0.25, -0.2) is 8.42 Å². The minimum Gasteiger partial charge on any atom is -0.495 e. The number of hydrogen-bond donors (Lipinski definition) is 1. The van der Waals surface area contributed by atoms with Crippen LogP contribution in [0.2, 0.25) is 15.1 Å². The molecule has 0 spiro atoms. The molecule has 0 heterocycles. The lowest BCUT2D eigenvalue weighted by atomic mass is 10.0. The van der Waals surface area contributed by atoms with Crippen molar-refractivity contribution < 1.29 is 22.7 Å². The van der Waals surface area contributed by atoms with Crippen molar-refractivity contribution in [3.63, 3.8) is 0 Å². The van der Waals surface area contributed by atoms with Gasteiger partial charge in [0.05, 0.1) is 17.7 Å². The Morgan fingerprint density at radius 2 is 1.53 bits per heavy atom. The highest BCUT2D eigenvalue weighted by Crippen LogP contribution is 2.35. The smallest absolute Gasteiger partial charge is 0.264 e. The van der Waals surface area contributed by atoms with E-state index in [-0.39, 0.29) is 44.4 Å². The van der Waals surface area contributed by atoms with Crippen LogP contribution in [0.1, 0.15) is 16.7 Å². The van der Waals surface area contributed by atoms with E-state index in [4.69, 9.17) is 39.5 Å². The van der Waals surface area contributed by atoms with Crippen LogP contribution in [0, 0.1) is 6.92 Å². The Kier molecular flexibility index (Phi) is 11.4. The van der Waals surface area contributed by atoms with Gasteiger partial charge in [-0.3, -0.25) is 13.9 Å². The summed E-state index contributed by atoms with van der Waals surface area (Å²) in [5, 5.41) is 3.45. The molecular formula is C33H32Cl3N3O5S. The summed E-state index contributed by atoms with van der Waals surface area (Å²) >= 11 is 19.4. The number of amides is 2. The van der Waals surface area contributed by atoms with Crippen molar-refractivity contribution in [3.8, 4) is 5.75 Å². The number of sulfonamides is 1. The summed E-state index contributed by atoms with van der Waals surface area (Å²) in [5.74, 6) is -0.965. The van der Waals surface area contributed by atoms with Crippen LogP contribution in [-0.4, -0.2) is 51.9 Å². The number of likely N-dealkylation sites (N-methyl/N-ethyl adjacent to an activating group) is 1. The maximum atomic E-state index is 14.5. The lowest BCUT2D eigenvalue weighted by Crippen LogP contribution is -2.53. The van der Waals surface area contributed by atoms with E-state index >= 15 is 0 Å². The number of ether oxygens (including phenoxy) is 1. The molecule has 45 heavy (non-hydrogen) atoms. The average Bonchev–Trinajstić information content (AvgIpc) is 3.02. The number of carbonyl (C=O) groups excluding carboxylic acids is 2. The molecule has 0 unspecified atom stereocenters. The highest BCUT2D eigenvalue weighted by Gasteiger charge is 2.36. The lowest BCUT2D eigenvalue weighted by Gasteiger charge is -2.34. The van der Waals surface area contributed by atoms with Crippen molar-refractivity contribution >= 4 is 62.3 Å². The van der Waals surface area contributed by atoms with E-state index in [9.17, 15) is 18.0 Å². The van der Waals surface area contributed by atoms with Crippen LogP contribution in [0.5, 0.6) is 5.75 Å². The molecule has 2 amide bonds. The van der Waals surface area contributed by atoms with Crippen LogP contribution in [-0.2, 0) is 32.6 Å². The van der Waals surface area contributed by atoms with Gasteiger partial charge in [-0.2, -0.15) is 0 Å². The first-order valence-corrected chi connectivity index (χ1v) is 16.4. The quantitative estimate of drug-likeness (QED) is 0.182. The van der Waals surface area contributed by atoms with Crippen molar-refractivity contribution in [3.05, 3.63) is 123 Å². The van der Waals surface area contributed by atoms with Gasteiger partial charge >= 0.3 is 0 Å². The molecule has 0 aliphatic heterocycles. The SMILES string of the molecule is CNC(=O)[C@H](Cc1ccccc1)N(Cc1c(Cl)cccc1Cl)C(=O)CN(c1cc(Cl)ccc1OC)S(=O)(=O)c1ccc(C)cc1. The van der Waals surface area contributed by atoms with Crippen molar-refractivity contribution in [1.82, 2.24) is 10.2 Å². The van der Waals surface area contributed by atoms with Gasteiger partial charge in [-0.15, -0.1) is 0 Å². The van der Waals surface area contributed by atoms with Gasteiger partial charge in [0.15, 0.2) is 0 Å². The first-order chi connectivity index (χ1) is 21.5. The molecule has 0 saturated carbocycles. The van der Waals surface area contributed by atoms with Crippen LogP contribution in [0.15, 0.2) is 95.9 Å². The van der Waals surface area contributed by atoms with Gasteiger partial charge in [0.25, 0.3) is 10.0 Å². The Morgan fingerprint density at radius 3 is 2.13 bits per heavy atom. The minimum absolute atomic E-state index is 0.0456. The molecule has 1 N–H and O–H groups in total. The van der Waals surface area contributed by atoms with Gasteiger partial charge in [0.2, 0.25) is 11.8 Å². The van der Waals surface area contributed by atoms with Crippen LogP contribution in [0.3, 0.4) is 0 Å². The summed E-state index contributed by atoms with van der Waals surface area (Å²) in [7, 11) is -1.50. The van der Waals surface area contributed by atoms with E-state index in [0.717, 1.165) is 15.4 Å². The van der Waals surface area contributed by atoms with Gasteiger partial charge in [0, 0.05) is 40.6 Å². The van der Waals surface area contributed by atoms with Crippen LogP contribution in [0.25, 0.3) is 0 Å². The number of nitrogens with zero attached hydrogens (tertiary/aromatic N) is 2. The molecule has 236 valence electrons. The highest BCUT2D eigenvalue weighted by molar-refractivity contribution is 7.92. The fourth-order valence-electron chi connectivity index (χ4n) is 4.78. The minimum atomic E-state index is -4.35. The summed E-state index contributed by atoms with van der Waals surface area (Å²) < 4.78 is 34.9. The molecule has 0 bridgehead atoms. The fourth-order valence-corrected chi connectivity index (χ4v) is 6.88. The summed E-state index contributed by atoms with van der Waals surface area (Å²) in [6, 6.07) is 23.8. The Balaban J connectivity index is 1.87. The Morgan fingerprint density at radius 1 is 0.889 bits per heavy atom. The Labute approximate surface area is 278 Å². The fraction of sp³-hybridized carbons (Fsp3) is 0.212. The number of nitrogens with one attached hydrogen (secondary N) is 1. The van der Waals surface area contributed by atoms with E-state index in [1.54, 1.807) is 36.4 Å². The first kappa shape index (κ1) is 34.1. The monoisotopic (exact) mass is 687 g/mol. The van der Waals surface area contributed by atoms with E-state index < -0.39 is 34.4 Å². The third-order valence-corrected chi connectivity index (χ3v) is 9.92. The molecule has 1 atom stereocenters. The van der Waals surface area contributed by atoms with Crippen LogP contribution in [0.4, 0.5) is 5.69 Å². The maximum absolute atomic E-state index is 14.5. The molecule has 4 aromatic rings. The third kappa shape index (κ3) is 8.10. The normalized spacial score (nSPS) is 11.9. The summed E-state index contributed by atoms with van der Waals surface area (Å²) in [4.78, 5) is 29.2. The zero-order valence-corrected chi connectivity index (χ0v) is 27.9. The molecule has 0 fully saturated rings. The predicted molar refractivity (Wildman–Crippen MR) is 179 cm³/mol. The molecule has 0 aliphatic carbocycles. The molecule has 12 heteroatoms. The molecular weight excluding hydrogens is 657 g/mol. The number of halogens is 3. The number of anilines is 1. The molecule has 0 radical (unpaired) electrons. The largest absolute Gasteiger partial charge is 0.495 e. The van der Waals surface area contributed by atoms with Gasteiger partial charge in [-0.1, -0.05) is 88.9 Å². The zero-order chi connectivity index (χ0) is 32.7. The zero-order valence-electron chi connectivity index (χ0n) is 24.8. The lowest BCUT2D eigenvalue weighted by molar-refractivity contribution is -0.139. The number of aryl methyl sites for hydroxylation is 1. The van der Waals surface area contributed by atoms with Crippen molar-refractivity contribution in [2.45, 2.75) is 30.8 Å². The molecule has 4 rings (SSSR count). The van der Waals surface area contributed by atoms with E-state index in [2.05, 4.69) is 5.32 Å². The van der Waals surface area contributed by atoms with Gasteiger partial charge < -0.3 is 15.0 Å². The Bertz CT molecular complexity index is 1750. The molecule has 0 aromatic heterocycles. The molecule has 4 aromatic carbocycles. The predicted octanol–water partition coefficient (Wildman–Crippen LogP) is 6.55. The number of benzene rings is 4. The van der Waals surface area contributed by atoms with E-state index in [0.29, 0.717) is 5.56 Å². The molecule has 0 saturated heterocycles. The van der Waals surface area contributed by atoms with E-state index in [1.807, 2.05) is 37.3 Å². The number of methoxy groups -OCH3 is 1. The molecule has 0 aliphatic rings. The Hall–Kier alpha value is -3.76. The van der Waals surface area contributed by atoms with Crippen molar-refractivity contribution in [2.24, 2.45) is 0 Å².